The number of benzene rings is 1. The molecule has 1 aromatic rings. The van der Waals surface area contributed by atoms with Gasteiger partial charge in [-0.05, 0) is 29.4 Å². The van der Waals surface area contributed by atoms with Crippen LogP contribution in [0.25, 0.3) is 0 Å². The summed E-state index contributed by atoms with van der Waals surface area (Å²) >= 11 is 0. The Morgan fingerprint density at radius 3 is 2.37 bits per heavy atom. The molecular weight excluding hydrogens is 376 g/mol. The summed E-state index contributed by atoms with van der Waals surface area (Å²) < 4.78 is 5.84. The van der Waals surface area contributed by atoms with Gasteiger partial charge in [-0.25, -0.2) is 0 Å². The maximum atomic E-state index is 12.6. The Balaban J connectivity index is 1.15. The first kappa shape index (κ1) is 20.0. The molecule has 1 unspecified atom stereocenters. The molecule has 1 saturated carbocycles. The first-order chi connectivity index (χ1) is 14.6. The molecule has 4 aliphatic rings. The number of carbonyl (C=O) groups excluding carboxylic acids is 2. The van der Waals surface area contributed by atoms with Crippen molar-refractivity contribution >= 4 is 11.8 Å². The number of carbonyl (C=O) groups is 2. The van der Waals surface area contributed by atoms with Crippen molar-refractivity contribution in [2.75, 3.05) is 33.3 Å². The lowest BCUT2D eigenvalue weighted by Gasteiger charge is -2.36. The zero-order chi connectivity index (χ0) is 20.7. The number of hydrogen-bond donors (Lipinski definition) is 0. The van der Waals surface area contributed by atoms with Crippen LogP contribution < -0.4 is 0 Å². The molecule has 0 radical (unpaired) electrons. The van der Waals surface area contributed by atoms with E-state index in [0.717, 1.165) is 45.3 Å². The van der Waals surface area contributed by atoms with E-state index in [1.54, 1.807) is 0 Å². The van der Waals surface area contributed by atoms with Crippen LogP contribution in [0.5, 0.6) is 0 Å². The number of hydrogen-bond acceptors (Lipinski definition) is 4. The second-order valence-corrected chi connectivity index (χ2v) is 9.70. The standard InChI is InChI=1S/C25H32N2O3/c1-30-24-19-9-3-2-8-18(19)20-16-26(17-21(20)24)12-6-7-13-27-22(28)14-25(15-23(27)29)10-4-5-11-25/h2-3,6-9,20-21,24H,4-5,10-17H2,1H3/t20-,21+,24?/m1/s1. The predicted octanol–water partition coefficient (Wildman–Crippen LogP) is 3.67. The van der Waals surface area contributed by atoms with Gasteiger partial charge in [0, 0.05) is 58.0 Å². The van der Waals surface area contributed by atoms with Crippen molar-refractivity contribution in [1.82, 2.24) is 9.80 Å². The van der Waals surface area contributed by atoms with Crippen molar-refractivity contribution in [2.45, 2.75) is 50.5 Å². The number of imide groups is 1. The van der Waals surface area contributed by atoms with Gasteiger partial charge in [0.1, 0.15) is 0 Å². The lowest BCUT2D eigenvalue weighted by atomic mass is 9.76. The van der Waals surface area contributed by atoms with Crippen LogP contribution in [0.2, 0.25) is 0 Å². The third-order valence-electron chi connectivity index (χ3n) is 7.92. The Morgan fingerprint density at radius 2 is 1.67 bits per heavy atom. The van der Waals surface area contributed by atoms with Crippen LogP contribution in [0.4, 0.5) is 0 Å². The van der Waals surface area contributed by atoms with Gasteiger partial charge in [-0.3, -0.25) is 19.4 Å². The van der Waals surface area contributed by atoms with Crippen molar-refractivity contribution < 1.29 is 14.3 Å². The van der Waals surface area contributed by atoms with Gasteiger partial charge in [-0.2, -0.15) is 0 Å². The highest BCUT2D eigenvalue weighted by Crippen LogP contribution is 2.50. The largest absolute Gasteiger partial charge is 0.376 e. The monoisotopic (exact) mass is 408 g/mol. The number of ether oxygens (including phenoxy) is 1. The second kappa shape index (κ2) is 7.93. The molecule has 2 aliphatic heterocycles. The summed E-state index contributed by atoms with van der Waals surface area (Å²) in [6.45, 7) is 3.33. The molecular formula is C25H32N2O3. The number of piperidine rings is 1. The van der Waals surface area contributed by atoms with Crippen molar-refractivity contribution in [1.29, 1.82) is 0 Å². The molecule has 2 saturated heterocycles. The third-order valence-corrected chi connectivity index (χ3v) is 7.92. The smallest absolute Gasteiger partial charge is 0.230 e. The normalized spacial score (nSPS) is 30.6. The van der Waals surface area contributed by atoms with Crippen molar-refractivity contribution in [2.24, 2.45) is 11.3 Å². The number of nitrogens with zero attached hydrogens (tertiary/aromatic N) is 2. The van der Waals surface area contributed by atoms with Gasteiger partial charge in [0.15, 0.2) is 0 Å². The number of methoxy groups -OCH3 is 1. The van der Waals surface area contributed by atoms with Gasteiger partial charge in [0.05, 0.1) is 6.10 Å². The Hall–Kier alpha value is -1.98. The molecule has 0 aromatic heterocycles. The zero-order valence-electron chi connectivity index (χ0n) is 17.9. The maximum Gasteiger partial charge on any atom is 0.230 e. The highest BCUT2D eigenvalue weighted by atomic mass is 16.5. The van der Waals surface area contributed by atoms with Gasteiger partial charge in [0.25, 0.3) is 0 Å². The average Bonchev–Trinajstić information content (AvgIpc) is 3.41. The van der Waals surface area contributed by atoms with Crippen LogP contribution in [-0.4, -0.2) is 54.9 Å². The molecule has 5 rings (SSSR count). The predicted molar refractivity (Wildman–Crippen MR) is 115 cm³/mol. The highest BCUT2D eigenvalue weighted by Gasteiger charge is 2.46. The summed E-state index contributed by atoms with van der Waals surface area (Å²) in [4.78, 5) is 29.1. The first-order valence-electron chi connectivity index (χ1n) is 11.4. The molecule has 5 nitrogen and oxygen atoms in total. The molecule has 160 valence electrons. The second-order valence-electron chi connectivity index (χ2n) is 9.70. The molecule has 0 N–H and O–H groups in total. The van der Waals surface area contributed by atoms with Crippen LogP contribution in [0.3, 0.4) is 0 Å². The van der Waals surface area contributed by atoms with Gasteiger partial charge in [-0.15, -0.1) is 0 Å². The number of fused-ring (bicyclic) bond motifs is 3. The zero-order valence-corrected chi connectivity index (χ0v) is 17.9. The van der Waals surface area contributed by atoms with Gasteiger partial charge >= 0.3 is 0 Å². The number of likely N-dealkylation sites (tertiary alicyclic amines) is 2. The summed E-state index contributed by atoms with van der Waals surface area (Å²) in [7, 11) is 1.81. The van der Waals surface area contributed by atoms with E-state index < -0.39 is 0 Å². The first-order valence-corrected chi connectivity index (χ1v) is 11.4. The molecule has 1 aromatic carbocycles. The van der Waals surface area contributed by atoms with E-state index in [2.05, 4.69) is 35.2 Å². The van der Waals surface area contributed by atoms with Crippen molar-refractivity contribution in [3.05, 3.63) is 47.5 Å². The van der Waals surface area contributed by atoms with E-state index in [-0.39, 0.29) is 23.3 Å². The Labute approximate surface area is 179 Å². The van der Waals surface area contributed by atoms with E-state index in [9.17, 15) is 9.59 Å². The van der Waals surface area contributed by atoms with Crippen LogP contribution in [0.15, 0.2) is 36.4 Å². The summed E-state index contributed by atoms with van der Waals surface area (Å²) in [5.41, 5.74) is 2.77. The van der Waals surface area contributed by atoms with Crippen molar-refractivity contribution in [3.63, 3.8) is 0 Å². The summed E-state index contributed by atoms with van der Waals surface area (Å²) in [5, 5.41) is 0. The lowest BCUT2D eigenvalue weighted by molar-refractivity contribution is -0.152. The van der Waals surface area contributed by atoms with Crippen LogP contribution >= 0.6 is 0 Å². The maximum absolute atomic E-state index is 12.6. The Kier molecular flexibility index (Phi) is 5.28. The molecule has 3 fully saturated rings. The highest BCUT2D eigenvalue weighted by molar-refractivity contribution is 5.98. The van der Waals surface area contributed by atoms with Crippen LogP contribution in [-0.2, 0) is 14.3 Å². The summed E-state index contributed by atoms with van der Waals surface area (Å²) in [6.07, 6.45) is 9.81. The third kappa shape index (κ3) is 3.42. The average molecular weight is 409 g/mol. The molecule has 30 heavy (non-hydrogen) atoms. The van der Waals surface area contributed by atoms with Gasteiger partial charge in [-0.1, -0.05) is 49.3 Å². The fourth-order valence-electron chi connectivity index (χ4n) is 6.46. The van der Waals surface area contributed by atoms with Gasteiger partial charge in [0.2, 0.25) is 11.8 Å². The quantitative estimate of drug-likeness (QED) is 0.551. The van der Waals surface area contributed by atoms with E-state index in [1.807, 2.05) is 13.2 Å². The summed E-state index contributed by atoms with van der Waals surface area (Å²) in [6, 6.07) is 8.67. The van der Waals surface area contributed by atoms with Crippen LogP contribution in [0, 0.1) is 11.3 Å². The summed E-state index contributed by atoms with van der Waals surface area (Å²) in [5.74, 6) is 1.09. The minimum absolute atomic E-state index is 0.0180. The lowest BCUT2D eigenvalue weighted by Crippen LogP contribution is -2.47. The molecule has 3 atom stereocenters. The molecule has 1 spiro atoms. The molecule has 2 heterocycles. The molecule has 0 bridgehead atoms. The fourth-order valence-corrected chi connectivity index (χ4v) is 6.46. The Bertz CT molecular complexity index is 838. The number of rotatable bonds is 5. The van der Waals surface area contributed by atoms with E-state index in [4.69, 9.17) is 4.74 Å². The van der Waals surface area contributed by atoms with Gasteiger partial charge < -0.3 is 4.74 Å². The minimum Gasteiger partial charge on any atom is -0.376 e. The Morgan fingerprint density at radius 1 is 1.00 bits per heavy atom. The van der Waals surface area contributed by atoms with Crippen molar-refractivity contribution in [3.8, 4) is 0 Å². The topological polar surface area (TPSA) is 49.9 Å². The number of amides is 2. The minimum atomic E-state index is -0.0180. The SMILES string of the molecule is COC1c2ccccc2[C@H]2CN(CC=CCN3C(=O)CC4(CCCC4)CC3=O)C[C@H]12. The molecule has 2 aliphatic carbocycles. The van der Waals surface area contributed by atoms with E-state index in [0.29, 0.717) is 31.2 Å². The fraction of sp³-hybridized carbons (Fsp3) is 0.600. The molecule has 2 amide bonds. The van der Waals surface area contributed by atoms with E-state index >= 15 is 0 Å². The molecule has 5 heteroatoms. The van der Waals surface area contributed by atoms with E-state index in [1.165, 1.54) is 16.0 Å². The van der Waals surface area contributed by atoms with Crippen LogP contribution in [0.1, 0.15) is 61.7 Å².